The molecule has 1 aliphatic heterocycles. The first-order chi connectivity index (χ1) is 8.96. The van der Waals surface area contributed by atoms with E-state index in [4.69, 9.17) is 0 Å². The summed E-state index contributed by atoms with van der Waals surface area (Å²) in [6, 6.07) is 6.65. The molecule has 2 atom stereocenters. The van der Waals surface area contributed by atoms with E-state index >= 15 is 0 Å². The highest BCUT2D eigenvalue weighted by atomic mass is 127. The first kappa shape index (κ1) is 15.7. The zero-order valence-electron chi connectivity index (χ0n) is 10.2. The fourth-order valence-corrected chi connectivity index (χ4v) is 5.76. The molecule has 0 amide bonds. The molecule has 0 aliphatic carbocycles. The van der Waals surface area contributed by atoms with Crippen LogP contribution >= 0.6 is 38.5 Å². The quantitative estimate of drug-likeness (QED) is 0.429. The van der Waals surface area contributed by atoms with Gasteiger partial charge in [-0.05, 0) is 37.1 Å². The number of piperidine rings is 1. The van der Waals surface area contributed by atoms with Crippen molar-refractivity contribution in [3.8, 4) is 0 Å². The molecule has 0 bridgehead atoms. The third-order valence-electron chi connectivity index (χ3n) is 3.27. The lowest BCUT2D eigenvalue weighted by Crippen LogP contribution is -2.46. The van der Waals surface area contributed by atoms with Gasteiger partial charge in [0, 0.05) is 23.5 Å². The maximum atomic E-state index is 12.6. The van der Waals surface area contributed by atoms with Crippen molar-refractivity contribution in [2.75, 3.05) is 13.2 Å². The second-order valence-electron chi connectivity index (χ2n) is 4.53. The average Bonchev–Trinajstić information content (AvgIpc) is 2.39. The molecule has 0 aromatic heterocycles. The molecule has 106 valence electrons. The predicted molar refractivity (Wildman–Crippen MR) is 85.7 cm³/mol. The Hall–Kier alpha value is 0.300. The van der Waals surface area contributed by atoms with E-state index in [1.165, 1.54) is 4.31 Å². The van der Waals surface area contributed by atoms with Crippen LogP contribution in [0.5, 0.6) is 0 Å². The zero-order chi connectivity index (χ0) is 14.0. The molecule has 1 saturated heterocycles. The molecule has 1 fully saturated rings. The normalized spacial score (nSPS) is 25.4. The van der Waals surface area contributed by atoms with Crippen LogP contribution in [-0.2, 0) is 10.0 Å². The van der Waals surface area contributed by atoms with Gasteiger partial charge in [-0.3, -0.25) is 0 Å². The zero-order valence-corrected chi connectivity index (χ0v) is 14.7. The Morgan fingerprint density at radius 3 is 2.58 bits per heavy atom. The van der Waals surface area contributed by atoms with Crippen molar-refractivity contribution in [3.05, 3.63) is 28.7 Å². The molecule has 7 heteroatoms. The summed E-state index contributed by atoms with van der Waals surface area (Å²) in [4.78, 5) is 0.302. The molecule has 2 unspecified atom stereocenters. The number of sulfonamides is 1. The summed E-state index contributed by atoms with van der Waals surface area (Å²) in [6.07, 6.45) is 1.66. The Balaban J connectivity index is 2.31. The van der Waals surface area contributed by atoms with Crippen molar-refractivity contribution in [1.29, 1.82) is 0 Å². The van der Waals surface area contributed by atoms with Crippen LogP contribution in [0.25, 0.3) is 0 Å². The fourth-order valence-electron chi connectivity index (χ4n) is 2.18. The van der Waals surface area contributed by atoms with Crippen molar-refractivity contribution in [2.45, 2.75) is 21.8 Å². The Morgan fingerprint density at radius 2 is 2.00 bits per heavy atom. The Morgan fingerprint density at radius 1 is 1.37 bits per heavy atom. The van der Waals surface area contributed by atoms with E-state index in [9.17, 15) is 13.5 Å². The third-order valence-corrected chi connectivity index (χ3v) is 7.76. The Labute approximate surface area is 135 Å². The smallest absolute Gasteiger partial charge is 0.244 e. The molecule has 4 nitrogen and oxygen atoms in total. The van der Waals surface area contributed by atoms with E-state index in [2.05, 4.69) is 38.5 Å². The molecule has 0 spiro atoms. The van der Waals surface area contributed by atoms with E-state index < -0.39 is 10.0 Å². The minimum atomic E-state index is -3.48. The summed E-state index contributed by atoms with van der Waals surface area (Å²) in [5, 5.41) is 9.32. The van der Waals surface area contributed by atoms with Crippen LogP contribution in [0.3, 0.4) is 0 Å². The largest absolute Gasteiger partial charge is 0.396 e. The van der Waals surface area contributed by atoms with E-state index in [1.807, 2.05) is 0 Å². The molecule has 1 aromatic carbocycles. The average molecular weight is 460 g/mol. The molecule has 0 radical (unpaired) electrons. The van der Waals surface area contributed by atoms with Gasteiger partial charge in [0.15, 0.2) is 0 Å². The number of rotatable bonds is 3. The second kappa shape index (κ2) is 6.38. The van der Waals surface area contributed by atoms with E-state index in [0.29, 0.717) is 11.4 Å². The summed E-state index contributed by atoms with van der Waals surface area (Å²) in [7, 11) is -3.48. The number of hydrogen-bond acceptors (Lipinski definition) is 3. The van der Waals surface area contributed by atoms with Gasteiger partial charge in [0.05, 0.1) is 8.94 Å². The van der Waals surface area contributed by atoms with Gasteiger partial charge in [0.2, 0.25) is 10.0 Å². The molecule has 2 rings (SSSR count). The number of aliphatic hydroxyl groups is 1. The van der Waals surface area contributed by atoms with Crippen molar-refractivity contribution in [2.24, 2.45) is 5.92 Å². The number of aliphatic hydroxyl groups excluding tert-OH is 1. The van der Waals surface area contributed by atoms with Gasteiger partial charge >= 0.3 is 0 Å². The lowest BCUT2D eigenvalue weighted by atomic mass is 10.0. The van der Waals surface area contributed by atoms with Crippen LogP contribution in [0, 0.1) is 5.92 Å². The molecule has 1 N–H and O–H groups in total. The van der Waals surface area contributed by atoms with Crippen molar-refractivity contribution >= 4 is 48.5 Å². The van der Waals surface area contributed by atoms with Gasteiger partial charge in [-0.25, -0.2) is 8.42 Å². The minimum Gasteiger partial charge on any atom is -0.396 e. The molecular formula is C12H15BrINO3S. The number of benzene rings is 1. The van der Waals surface area contributed by atoms with Crippen molar-refractivity contribution < 1.29 is 13.5 Å². The SMILES string of the molecule is O=S(=O)(c1ccc(Br)cc1)N1CCCC(CO)C1I. The molecule has 19 heavy (non-hydrogen) atoms. The molecule has 1 heterocycles. The summed E-state index contributed by atoms with van der Waals surface area (Å²) in [5.41, 5.74) is 0. The highest BCUT2D eigenvalue weighted by Crippen LogP contribution is 2.32. The number of nitrogens with zero attached hydrogens (tertiary/aromatic N) is 1. The number of alkyl halides is 1. The summed E-state index contributed by atoms with van der Waals surface area (Å²) >= 11 is 5.41. The minimum absolute atomic E-state index is 0.0135. The lowest BCUT2D eigenvalue weighted by molar-refractivity contribution is 0.157. The summed E-state index contributed by atoms with van der Waals surface area (Å²) in [5.74, 6) is 0.0135. The van der Waals surface area contributed by atoms with Gasteiger partial charge in [0.1, 0.15) is 0 Å². The highest BCUT2D eigenvalue weighted by molar-refractivity contribution is 14.1. The Kier molecular flexibility index (Phi) is 5.27. The maximum Gasteiger partial charge on any atom is 0.244 e. The summed E-state index contributed by atoms with van der Waals surface area (Å²) in [6.45, 7) is 0.544. The molecule has 1 aliphatic rings. The van der Waals surface area contributed by atoms with Gasteiger partial charge in [0.25, 0.3) is 0 Å². The standard InChI is InChI=1S/C12H15BrINO3S/c13-10-3-5-11(6-4-10)19(17,18)15-7-1-2-9(8-16)12(15)14/h3-6,9,12,16H,1-2,7-8H2. The predicted octanol–water partition coefficient (Wildman–Crippen LogP) is 2.60. The van der Waals surface area contributed by atoms with Gasteiger partial charge in [-0.1, -0.05) is 38.5 Å². The van der Waals surface area contributed by atoms with Gasteiger partial charge in [-0.2, -0.15) is 4.31 Å². The van der Waals surface area contributed by atoms with Crippen LogP contribution in [0.4, 0.5) is 0 Å². The van der Waals surface area contributed by atoms with E-state index in [1.54, 1.807) is 24.3 Å². The fraction of sp³-hybridized carbons (Fsp3) is 0.500. The van der Waals surface area contributed by atoms with Gasteiger partial charge in [-0.15, -0.1) is 0 Å². The first-order valence-corrected chi connectivity index (χ1v) is 9.47. The van der Waals surface area contributed by atoms with Gasteiger partial charge < -0.3 is 5.11 Å². The molecule has 1 aromatic rings. The van der Waals surface area contributed by atoms with Crippen molar-refractivity contribution in [3.63, 3.8) is 0 Å². The topological polar surface area (TPSA) is 57.6 Å². The van der Waals surface area contributed by atoms with Crippen LogP contribution in [0.1, 0.15) is 12.8 Å². The van der Waals surface area contributed by atoms with E-state index in [0.717, 1.165) is 17.3 Å². The molecule has 0 saturated carbocycles. The Bertz CT molecular complexity index is 534. The summed E-state index contributed by atoms with van der Waals surface area (Å²) < 4.78 is 27.4. The lowest BCUT2D eigenvalue weighted by Gasteiger charge is -2.36. The van der Waals surface area contributed by atoms with Crippen LogP contribution in [-0.4, -0.2) is 35.0 Å². The van der Waals surface area contributed by atoms with Crippen LogP contribution < -0.4 is 0 Å². The third kappa shape index (κ3) is 3.31. The number of hydrogen-bond donors (Lipinski definition) is 1. The van der Waals surface area contributed by atoms with Crippen LogP contribution in [0.15, 0.2) is 33.6 Å². The molecular weight excluding hydrogens is 445 g/mol. The highest BCUT2D eigenvalue weighted by Gasteiger charge is 2.37. The monoisotopic (exact) mass is 459 g/mol. The number of halogens is 2. The second-order valence-corrected chi connectivity index (χ2v) is 8.61. The van der Waals surface area contributed by atoms with E-state index in [-0.39, 0.29) is 16.6 Å². The van der Waals surface area contributed by atoms with Crippen LogP contribution in [0.2, 0.25) is 0 Å². The van der Waals surface area contributed by atoms with Crippen molar-refractivity contribution in [1.82, 2.24) is 4.31 Å². The first-order valence-electron chi connectivity index (χ1n) is 5.99. The maximum absolute atomic E-state index is 12.6.